The summed E-state index contributed by atoms with van der Waals surface area (Å²) in [7, 11) is 1.46. The first-order valence-corrected chi connectivity index (χ1v) is 12.5. The van der Waals surface area contributed by atoms with Gasteiger partial charge in [0.15, 0.2) is 22.9 Å². The fourth-order valence-electron chi connectivity index (χ4n) is 4.71. The van der Waals surface area contributed by atoms with Crippen molar-refractivity contribution < 1.29 is 33.4 Å². The lowest BCUT2D eigenvalue weighted by Crippen LogP contribution is -2.31. The molecule has 1 aliphatic rings. The van der Waals surface area contributed by atoms with Gasteiger partial charge in [-0.3, -0.25) is 14.5 Å². The normalized spacial score (nSPS) is 15.2. The Bertz CT molecular complexity index is 1650. The number of amides is 1. The SMILES string of the molecule is CCOC(=O)c1ccc(N2C(=O)C(O)=C(C(=O)c3cc4cc(Cl)cc(OC)c4o3)C2c2cccc(C)c2)cc1. The number of methoxy groups -OCH3 is 1. The Morgan fingerprint density at radius 1 is 1.08 bits per heavy atom. The van der Waals surface area contributed by atoms with E-state index in [1.54, 1.807) is 37.3 Å². The summed E-state index contributed by atoms with van der Waals surface area (Å²) in [5.41, 5.74) is 2.38. The molecule has 1 N–H and O–H groups in total. The van der Waals surface area contributed by atoms with E-state index in [4.69, 9.17) is 25.5 Å². The van der Waals surface area contributed by atoms with Crippen LogP contribution in [0.3, 0.4) is 0 Å². The van der Waals surface area contributed by atoms with Gasteiger partial charge in [-0.2, -0.15) is 0 Å². The van der Waals surface area contributed by atoms with Crippen LogP contribution in [-0.2, 0) is 9.53 Å². The van der Waals surface area contributed by atoms with Gasteiger partial charge in [-0.25, -0.2) is 4.79 Å². The van der Waals surface area contributed by atoms with Gasteiger partial charge >= 0.3 is 5.97 Å². The second kappa shape index (κ2) is 10.3. The van der Waals surface area contributed by atoms with Crippen molar-refractivity contribution in [3.8, 4) is 5.75 Å². The van der Waals surface area contributed by atoms with Crippen LogP contribution in [0.2, 0.25) is 5.02 Å². The molecule has 0 saturated heterocycles. The number of carbonyl (C=O) groups excluding carboxylic acids is 3. The van der Waals surface area contributed by atoms with E-state index in [1.807, 2.05) is 25.1 Å². The minimum Gasteiger partial charge on any atom is -0.503 e. The minimum absolute atomic E-state index is 0.0860. The van der Waals surface area contributed by atoms with Crippen molar-refractivity contribution in [1.82, 2.24) is 0 Å². The quantitative estimate of drug-likeness (QED) is 0.212. The van der Waals surface area contributed by atoms with Crippen molar-refractivity contribution in [2.45, 2.75) is 19.9 Å². The Morgan fingerprint density at radius 2 is 1.82 bits per heavy atom. The smallest absolute Gasteiger partial charge is 0.338 e. The van der Waals surface area contributed by atoms with Crippen molar-refractivity contribution in [1.29, 1.82) is 0 Å². The third-order valence-corrected chi connectivity index (χ3v) is 6.68. The molecule has 0 saturated carbocycles. The van der Waals surface area contributed by atoms with E-state index in [1.165, 1.54) is 30.2 Å². The van der Waals surface area contributed by atoms with Gasteiger partial charge in [0.25, 0.3) is 5.91 Å². The third-order valence-electron chi connectivity index (χ3n) is 6.46. The Balaban J connectivity index is 1.62. The van der Waals surface area contributed by atoms with Crippen molar-refractivity contribution in [2.24, 2.45) is 0 Å². The van der Waals surface area contributed by atoms with Crippen LogP contribution in [0.1, 0.15) is 45.0 Å². The number of aliphatic hydroxyl groups excluding tert-OH is 1. The summed E-state index contributed by atoms with van der Waals surface area (Å²) in [5, 5.41) is 12.0. The Morgan fingerprint density at radius 3 is 2.49 bits per heavy atom. The highest BCUT2D eigenvalue weighted by Gasteiger charge is 2.45. The molecule has 198 valence electrons. The minimum atomic E-state index is -0.961. The average Bonchev–Trinajstić information content (AvgIpc) is 3.47. The Labute approximate surface area is 229 Å². The van der Waals surface area contributed by atoms with Crippen LogP contribution in [0.15, 0.2) is 82.5 Å². The maximum Gasteiger partial charge on any atom is 0.338 e. The first kappa shape index (κ1) is 26.1. The van der Waals surface area contributed by atoms with Crippen LogP contribution in [0.5, 0.6) is 5.75 Å². The van der Waals surface area contributed by atoms with E-state index < -0.39 is 29.5 Å². The van der Waals surface area contributed by atoms with E-state index >= 15 is 0 Å². The molecule has 3 aromatic carbocycles. The number of fused-ring (bicyclic) bond motifs is 1. The maximum absolute atomic E-state index is 13.9. The predicted molar refractivity (Wildman–Crippen MR) is 146 cm³/mol. The zero-order valence-corrected chi connectivity index (χ0v) is 22.1. The molecule has 0 radical (unpaired) electrons. The van der Waals surface area contributed by atoms with Gasteiger partial charge in [-0.15, -0.1) is 0 Å². The molecule has 5 rings (SSSR count). The number of halogens is 1. The van der Waals surface area contributed by atoms with Crippen molar-refractivity contribution in [2.75, 3.05) is 18.6 Å². The van der Waals surface area contributed by atoms with E-state index in [2.05, 4.69) is 0 Å². The molecule has 0 spiro atoms. The Hall–Kier alpha value is -4.56. The number of nitrogens with zero attached hydrogens (tertiary/aromatic N) is 1. The number of ether oxygens (including phenoxy) is 2. The number of aryl methyl sites for hydroxylation is 1. The summed E-state index contributed by atoms with van der Waals surface area (Å²) in [5.74, 6) is -2.35. The van der Waals surface area contributed by atoms with Crippen LogP contribution in [0, 0.1) is 6.92 Å². The zero-order valence-electron chi connectivity index (χ0n) is 21.4. The summed E-state index contributed by atoms with van der Waals surface area (Å²) in [6.07, 6.45) is 0. The fourth-order valence-corrected chi connectivity index (χ4v) is 4.93. The maximum atomic E-state index is 13.9. The zero-order chi connectivity index (χ0) is 27.8. The number of carbonyl (C=O) groups is 3. The van der Waals surface area contributed by atoms with Gasteiger partial charge in [-0.1, -0.05) is 41.4 Å². The van der Waals surface area contributed by atoms with Crippen molar-refractivity contribution in [3.05, 3.63) is 106 Å². The van der Waals surface area contributed by atoms with Crippen molar-refractivity contribution in [3.63, 3.8) is 0 Å². The number of ketones is 1. The predicted octanol–water partition coefficient (Wildman–Crippen LogP) is 6.36. The molecule has 1 unspecified atom stereocenters. The molecule has 4 aromatic rings. The first-order chi connectivity index (χ1) is 18.7. The standard InChI is InChI=1S/C30H24ClNO7/c1-4-38-30(36)17-8-10-21(11-9-17)32-25(18-7-5-6-16(2)12-18)24(27(34)29(32)35)26(33)22-14-19-13-20(31)15-23(37-3)28(19)39-22/h5-15,25,34H,4H2,1-3H3. The molecular formula is C30H24ClNO7. The topological polar surface area (TPSA) is 106 Å². The number of furan rings is 1. The van der Waals surface area contributed by atoms with Crippen LogP contribution < -0.4 is 9.64 Å². The van der Waals surface area contributed by atoms with Crippen LogP contribution in [-0.4, -0.2) is 36.5 Å². The molecule has 39 heavy (non-hydrogen) atoms. The lowest BCUT2D eigenvalue weighted by Gasteiger charge is -2.27. The van der Waals surface area contributed by atoms with Gasteiger partial charge in [-0.05, 0) is 55.8 Å². The number of Topliss-reactive ketones (excluding diaryl/α,β-unsaturated/α-hetero) is 1. The number of benzene rings is 3. The van der Waals surface area contributed by atoms with E-state index in [0.29, 0.717) is 38.6 Å². The van der Waals surface area contributed by atoms with E-state index in [0.717, 1.165) is 5.56 Å². The van der Waals surface area contributed by atoms with Crippen molar-refractivity contribution >= 4 is 45.9 Å². The van der Waals surface area contributed by atoms with Gasteiger partial charge in [0.05, 0.1) is 30.9 Å². The number of hydrogen-bond acceptors (Lipinski definition) is 7. The van der Waals surface area contributed by atoms with Crippen LogP contribution >= 0.6 is 11.6 Å². The molecule has 1 atom stereocenters. The van der Waals surface area contributed by atoms with Crippen LogP contribution in [0.25, 0.3) is 11.0 Å². The highest BCUT2D eigenvalue weighted by molar-refractivity contribution is 6.31. The third kappa shape index (κ3) is 4.64. The number of hydrogen-bond donors (Lipinski definition) is 1. The van der Waals surface area contributed by atoms with Gasteiger partial charge in [0.1, 0.15) is 0 Å². The fraction of sp³-hybridized carbons (Fsp3) is 0.167. The summed E-state index contributed by atoms with van der Waals surface area (Å²) in [6, 6.07) is 17.2. The molecule has 8 nitrogen and oxygen atoms in total. The monoisotopic (exact) mass is 545 g/mol. The Kier molecular flexibility index (Phi) is 6.89. The first-order valence-electron chi connectivity index (χ1n) is 12.2. The second-order valence-electron chi connectivity index (χ2n) is 8.99. The van der Waals surface area contributed by atoms with E-state index in [9.17, 15) is 19.5 Å². The highest BCUT2D eigenvalue weighted by Crippen LogP contribution is 2.43. The second-order valence-corrected chi connectivity index (χ2v) is 9.42. The molecule has 0 fully saturated rings. The lowest BCUT2D eigenvalue weighted by atomic mass is 9.93. The lowest BCUT2D eigenvalue weighted by molar-refractivity contribution is -0.117. The number of aliphatic hydroxyl groups is 1. The van der Waals surface area contributed by atoms with Gasteiger partial charge in [0.2, 0.25) is 5.78 Å². The summed E-state index contributed by atoms with van der Waals surface area (Å²) in [6.45, 7) is 3.82. The van der Waals surface area contributed by atoms with E-state index in [-0.39, 0.29) is 17.9 Å². The molecule has 0 aliphatic carbocycles. The molecule has 0 bridgehead atoms. The number of esters is 1. The number of anilines is 1. The average molecular weight is 546 g/mol. The molecule has 2 heterocycles. The molecule has 1 amide bonds. The largest absolute Gasteiger partial charge is 0.503 e. The summed E-state index contributed by atoms with van der Waals surface area (Å²) in [4.78, 5) is 40.8. The summed E-state index contributed by atoms with van der Waals surface area (Å²) < 4.78 is 16.2. The van der Waals surface area contributed by atoms with Gasteiger partial charge in [0, 0.05) is 22.2 Å². The molecule has 9 heteroatoms. The highest BCUT2D eigenvalue weighted by atomic mass is 35.5. The van der Waals surface area contributed by atoms with Crippen LogP contribution in [0.4, 0.5) is 5.69 Å². The summed E-state index contributed by atoms with van der Waals surface area (Å²) >= 11 is 6.18. The molecular weight excluding hydrogens is 522 g/mol. The molecule has 1 aliphatic heterocycles. The number of rotatable bonds is 7. The molecule has 1 aromatic heterocycles. The van der Waals surface area contributed by atoms with Gasteiger partial charge < -0.3 is 19.0 Å².